The third-order valence-electron chi connectivity index (χ3n) is 7.17. The minimum Gasteiger partial charge on any atom is -0.459 e. The Balaban J connectivity index is 1.25. The molecule has 45 heavy (non-hydrogen) atoms. The lowest BCUT2D eigenvalue weighted by Gasteiger charge is -2.20. The van der Waals surface area contributed by atoms with Crippen LogP contribution in [0.4, 0.5) is 0 Å². The first-order chi connectivity index (χ1) is 22.0. The zero-order valence-electron chi connectivity index (χ0n) is 24.4. The van der Waals surface area contributed by atoms with Crippen molar-refractivity contribution in [1.29, 1.82) is 0 Å². The van der Waals surface area contributed by atoms with E-state index in [0.29, 0.717) is 0 Å². The van der Waals surface area contributed by atoms with Gasteiger partial charge in [-0.25, -0.2) is 4.79 Å². The van der Waals surface area contributed by atoms with Crippen LogP contribution < -0.4 is 16.0 Å². The van der Waals surface area contributed by atoms with Gasteiger partial charge in [0, 0.05) is 36.1 Å². The lowest BCUT2D eigenvalue weighted by molar-refractivity contribution is -0.149. The van der Waals surface area contributed by atoms with Crippen LogP contribution in [-0.2, 0) is 38.6 Å². The van der Waals surface area contributed by atoms with Crippen LogP contribution in [0.2, 0.25) is 0 Å². The van der Waals surface area contributed by atoms with Crippen LogP contribution in [0.25, 0.3) is 10.9 Å². The molecule has 5 rings (SSSR count). The maximum absolute atomic E-state index is 13.4. The van der Waals surface area contributed by atoms with E-state index in [1.807, 2.05) is 84.9 Å². The Bertz CT molecular complexity index is 1740. The molecule has 0 fully saturated rings. The van der Waals surface area contributed by atoms with Gasteiger partial charge in [-0.15, -0.1) is 0 Å². The van der Waals surface area contributed by atoms with E-state index in [1.54, 1.807) is 24.4 Å². The molecule has 3 amide bonds. The minimum atomic E-state index is -1.01. The molecule has 5 aromatic rings. The number of hydrogen-bond donors (Lipinski definition) is 4. The van der Waals surface area contributed by atoms with Crippen molar-refractivity contribution in [2.45, 2.75) is 31.5 Å². The normalized spacial score (nSPS) is 12.1. The van der Waals surface area contributed by atoms with Crippen molar-refractivity contribution in [2.75, 3.05) is 6.54 Å². The molecule has 10 nitrogen and oxygen atoms in total. The van der Waals surface area contributed by atoms with E-state index in [0.717, 1.165) is 27.6 Å². The van der Waals surface area contributed by atoms with Gasteiger partial charge >= 0.3 is 5.97 Å². The minimum absolute atomic E-state index is 0.0586. The summed E-state index contributed by atoms with van der Waals surface area (Å²) in [6.07, 6.45) is 3.65. The van der Waals surface area contributed by atoms with Crippen molar-refractivity contribution >= 4 is 34.6 Å². The smallest absolute Gasteiger partial charge is 0.329 e. The molecule has 0 spiro atoms. The van der Waals surface area contributed by atoms with E-state index < -0.39 is 42.3 Å². The summed E-state index contributed by atoms with van der Waals surface area (Å²) in [5.41, 5.74) is 3.52. The second kappa shape index (κ2) is 15.1. The lowest BCUT2D eigenvalue weighted by atomic mass is 10.0. The molecular weight excluding hydrogens is 570 g/mol. The first kappa shape index (κ1) is 30.7. The predicted octanol–water partition coefficient (Wildman–Crippen LogP) is 3.49. The highest BCUT2D eigenvalue weighted by Gasteiger charge is 2.26. The second-order valence-corrected chi connectivity index (χ2v) is 10.4. The molecule has 0 aliphatic heterocycles. The van der Waals surface area contributed by atoms with Crippen molar-refractivity contribution in [3.8, 4) is 0 Å². The number of amides is 3. The number of carbonyl (C=O) groups is 4. The van der Waals surface area contributed by atoms with Gasteiger partial charge in [-0.3, -0.25) is 19.4 Å². The average molecular weight is 604 g/mol. The van der Waals surface area contributed by atoms with Crippen molar-refractivity contribution in [1.82, 2.24) is 25.9 Å². The molecule has 0 unspecified atom stereocenters. The quantitative estimate of drug-likeness (QED) is 0.152. The summed E-state index contributed by atoms with van der Waals surface area (Å²) >= 11 is 0. The number of benzene rings is 3. The van der Waals surface area contributed by atoms with Gasteiger partial charge in [-0.2, -0.15) is 0 Å². The first-order valence-corrected chi connectivity index (χ1v) is 14.5. The molecule has 0 saturated carbocycles. The number of aromatic nitrogens is 2. The third kappa shape index (κ3) is 8.64. The number of rotatable bonds is 13. The number of carbonyl (C=O) groups excluding carboxylic acids is 4. The Kier molecular flexibility index (Phi) is 10.3. The summed E-state index contributed by atoms with van der Waals surface area (Å²) in [6, 6.07) is 29.1. The number of esters is 1. The molecule has 0 aliphatic rings. The average Bonchev–Trinajstić information content (AvgIpc) is 3.49. The number of H-pyrrole nitrogens is 1. The number of ether oxygens (including phenoxy) is 1. The van der Waals surface area contributed by atoms with Crippen LogP contribution in [0.15, 0.2) is 116 Å². The van der Waals surface area contributed by atoms with E-state index in [9.17, 15) is 19.2 Å². The Hall–Kier alpha value is -5.77. The maximum atomic E-state index is 13.4. The summed E-state index contributed by atoms with van der Waals surface area (Å²) < 4.78 is 5.51. The fourth-order valence-corrected chi connectivity index (χ4v) is 4.87. The molecule has 10 heteroatoms. The van der Waals surface area contributed by atoms with Crippen LogP contribution in [-0.4, -0.2) is 52.3 Å². The van der Waals surface area contributed by atoms with Crippen molar-refractivity contribution in [2.24, 2.45) is 0 Å². The van der Waals surface area contributed by atoms with Gasteiger partial charge in [-0.1, -0.05) is 84.9 Å². The lowest BCUT2D eigenvalue weighted by Crippen LogP contribution is -2.52. The highest BCUT2D eigenvalue weighted by atomic mass is 16.5. The number of nitrogens with zero attached hydrogens (tertiary/aromatic N) is 1. The van der Waals surface area contributed by atoms with E-state index in [1.165, 1.54) is 6.20 Å². The summed E-state index contributed by atoms with van der Waals surface area (Å²) in [5.74, 6) is -2.26. The second-order valence-electron chi connectivity index (χ2n) is 10.4. The monoisotopic (exact) mass is 603 g/mol. The summed E-state index contributed by atoms with van der Waals surface area (Å²) in [6.45, 7) is -0.358. The number of nitrogens with one attached hydrogen (secondary N) is 4. The van der Waals surface area contributed by atoms with Crippen molar-refractivity contribution < 1.29 is 23.9 Å². The SMILES string of the molecule is O=C(CNC(=O)[C@H](Cc1c[nH]c2ccccc12)NC(=O)c1ccccn1)N[C@@H](Cc1ccccc1)C(=O)OCc1ccccc1. The van der Waals surface area contributed by atoms with Crippen LogP contribution in [0.1, 0.15) is 27.2 Å². The number of aromatic amines is 1. The number of pyridine rings is 1. The fourth-order valence-electron chi connectivity index (χ4n) is 4.87. The standard InChI is InChI=1S/C35H33N5O5/c41-32(39-31(19-24-11-3-1-4-12-24)35(44)45-23-25-13-5-2-6-14-25)22-38-33(42)30(40-34(43)29-17-9-10-18-36-29)20-26-21-37-28-16-8-7-15-27(26)28/h1-18,21,30-31,37H,19-20,22-23H2,(H,38,42)(H,39,41)(H,40,43)/t30-,31-/m0/s1. The summed E-state index contributed by atoms with van der Waals surface area (Å²) in [4.78, 5) is 59.7. The van der Waals surface area contributed by atoms with Crippen LogP contribution in [0.5, 0.6) is 0 Å². The van der Waals surface area contributed by atoms with Crippen molar-refractivity contribution in [3.63, 3.8) is 0 Å². The molecule has 2 heterocycles. The van der Waals surface area contributed by atoms with E-state index >= 15 is 0 Å². The van der Waals surface area contributed by atoms with Crippen LogP contribution >= 0.6 is 0 Å². The van der Waals surface area contributed by atoms with E-state index in [4.69, 9.17) is 4.74 Å². The fraction of sp³-hybridized carbons (Fsp3) is 0.171. The largest absolute Gasteiger partial charge is 0.459 e. The highest BCUT2D eigenvalue weighted by Crippen LogP contribution is 2.19. The Morgan fingerprint density at radius 3 is 2.16 bits per heavy atom. The Labute approximate surface area is 260 Å². The zero-order valence-corrected chi connectivity index (χ0v) is 24.4. The van der Waals surface area contributed by atoms with Crippen LogP contribution in [0.3, 0.4) is 0 Å². The Morgan fingerprint density at radius 2 is 1.42 bits per heavy atom. The van der Waals surface area contributed by atoms with Crippen molar-refractivity contribution in [3.05, 3.63) is 138 Å². The first-order valence-electron chi connectivity index (χ1n) is 14.5. The van der Waals surface area contributed by atoms with E-state index in [-0.39, 0.29) is 25.1 Å². The summed E-state index contributed by atoms with van der Waals surface area (Å²) in [7, 11) is 0. The van der Waals surface area contributed by atoms with Gasteiger partial charge in [0.1, 0.15) is 24.4 Å². The molecule has 4 N–H and O–H groups in total. The van der Waals surface area contributed by atoms with Crippen LogP contribution in [0, 0.1) is 0 Å². The van der Waals surface area contributed by atoms with Gasteiger partial charge in [0.05, 0.1) is 6.54 Å². The van der Waals surface area contributed by atoms with Gasteiger partial charge < -0.3 is 25.7 Å². The highest BCUT2D eigenvalue weighted by molar-refractivity contribution is 5.97. The molecule has 2 aromatic heterocycles. The number of para-hydroxylation sites is 1. The predicted molar refractivity (Wildman–Crippen MR) is 169 cm³/mol. The molecule has 0 aliphatic carbocycles. The topological polar surface area (TPSA) is 142 Å². The number of hydrogen-bond acceptors (Lipinski definition) is 6. The van der Waals surface area contributed by atoms with Gasteiger partial charge in [0.15, 0.2) is 0 Å². The molecule has 2 atom stereocenters. The molecule has 0 bridgehead atoms. The molecular formula is C35H33N5O5. The summed E-state index contributed by atoms with van der Waals surface area (Å²) in [5, 5.41) is 8.98. The molecule has 0 radical (unpaired) electrons. The zero-order chi connectivity index (χ0) is 31.4. The molecule has 3 aromatic carbocycles. The van der Waals surface area contributed by atoms with Gasteiger partial charge in [0.2, 0.25) is 11.8 Å². The van der Waals surface area contributed by atoms with Gasteiger partial charge in [-0.05, 0) is 34.9 Å². The molecule has 0 saturated heterocycles. The Morgan fingerprint density at radius 1 is 0.733 bits per heavy atom. The third-order valence-corrected chi connectivity index (χ3v) is 7.17. The maximum Gasteiger partial charge on any atom is 0.329 e. The van der Waals surface area contributed by atoms with E-state index in [2.05, 4.69) is 25.9 Å². The molecule has 228 valence electrons. The van der Waals surface area contributed by atoms with Gasteiger partial charge in [0.25, 0.3) is 5.91 Å². The number of fused-ring (bicyclic) bond motifs is 1.